The zero-order valence-electron chi connectivity index (χ0n) is 15.6. The van der Waals surface area contributed by atoms with Crippen molar-refractivity contribution in [3.05, 3.63) is 71.9 Å². The van der Waals surface area contributed by atoms with Gasteiger partial charge in [-0.25, -0.2) is 0 Å². The highest BCUT2D eigenvalue weighted by molar-refractivity contribution is 7.99. The van der Waals surface area contributed by atoms with Crippen LogP contribution in [-0.4, -0.2) is 39.4 Å². The minimum absolute atomic E-state index is 0.0372. The van der Waals surface area contributed by atoms with Gasteiger partial charge in [-0.1, -0.05) is 48.5 Å². The van der Waals surface area contributed by atoms with Crippen molar-refractivity contribution < 1.29 is 9.59 Å². The molecule has 28 heavy (non-hydrogen) atoms. The maximum atomic E-state index is 12.8. The third-order valence-corrected chi connectivity index (χ3v) is 6.11. The van der Waals surface area contributed by atoms with E-state index in [2.05, 4.69) is 16.4 Å². The van der Waals surface area contributed by atoms with E-state index in [1.165, 1.54) is 0 Å². The van der Waals surface area contributed by atoms with E-state index in [1.54, 1.807) is 16.7 Å². The van der Waals surface area contributed by atoms with Crippen LogP contribution in [0.2, 0.25) is 0 Å². The van der Waals surface area contributed by atoms with Gasteiger partial charge in [0.1, 0.15) is 6.04 Å². The standard InChI is InChI=1S/C22H23N3O2S/c26-21(11-10-17-13-23-19-9-5-4-8-18(17)19)25-15-28-14-20(25)22(27)24-12-16-6-2-1-3-7-16/h1-9,13,20,23H,10-12,14-15H2,(H,24,27). The van der Waals surface area contributed by atoms with E-state index < -0.39 is 0 Å². The number of thioether (sulfide) groups is 1. The fraction of sp³-hybridized carbons (Fsp3) is 0.273. The Bertz CT molecular complexity index is 970. The molecule has 3 aromatic rings. The molecule has 1 aliphatic heterocycles. The third-order valence-electron chi connectivity index (χ3n) is 5.10. The Kier molecular flexibility index (Phi) is 5.67. The van der Waals surface area contributed by atoms with Crippen LogP contribution in [-0.2, 0) is 22.6 Å². The lowest BCUT2D eigenvalue weighted by molar-refractivity contribution is -0.138. The fourth-order valence-electron chi connectivity index (χ4n) is 3.53. The summed E-state index contributed by atoms with van der Waals surface area (Å²) in [4.78, 5) is 30.4. The summed E-state index contributed by atoms with van der Waals surface area (Å²) in [5, 5.41) is 4.12. The van der Waals surface area contributed by atoms with Gasteiger partial charge in [-0.05, 0) is 23.6 Å². The Balaban J connectivity index is 1.34. The Morgan fingerprint density at radius 2 is 1.89 bits per heavy atom. The van der Waals surface area contributed by atoms with Crippen molar-refractivity contribution in [3.8, 4) is 0 Å². The molecule has 0 aliphatic carbocycles. The minimum Gasteiger partial charge on any atom is -0.361 e. The first-order valence-corrected chi connectivity index (χ1v) is 10.6. The maximum Gasteiger partial charge on any atom is 0.243 e. The molecule has 2 N–H and O–H groups in total. The molecule has 2 amide bonds. The van der Waals surface area contributed by atoms with Crippen LogP contribution in [0, 0.1) is 0 Å². The molecule has 1 atom stereocenters. The predicted molar refractivity (Wildman–Crippen MR) is 113 cm³/mol. The number of nitrogens with zero attached hydrogens (tertiary/aromatic N) is 1. The minimum atomic E-state index is -0.385. The average molecular weight is 394 g/mol. The zero-order valence-corrected chi connectivity index (χ0v) is 16.4. The second-order valence-electron chi connectivity index (χ2n) is 6.94. The Morgan fingerprint density at radius 1 is 1.11 bits per heavy atom. The van der Waals surface area contributed by atoms with E-state index in [1.807, 2.05) is 54.7 Å². The summed E-state index contributed by atoms with van der Waals surface area (Å²) in [6.07, 6.45) is 3.05. The molecule has 5 nitrogen and oxygen atoms in total. The van der Waals surface area contributed by atoms with Crippen LogP contribution in [0.5, 0.6) is 0 Å². The molecule has 0 radical (unpaired) electrons. The molecule has 2 aromatic carbocycles. The topological polar surface area (TPSA) is 65.2 Å². The quantitative estimate of drug-likeness (QED) is 0.675. The van der Waals surface area contributed by atoms with Crippen LogP contribution in [0.3, 0.4) is 0 Å². The number of carbonyl (C=O) groups is 2. The number of fused-ring (bicyclic) bond motifs is 1. The number of H-pyrrole nitrogens is 1. The van der Waals surface area contributed by atoms with Crippen molar-refractivity contribution in [3.63, 3.8) is 0 Å². The van der Waals surface area contributed by atoms with Gasteiger partial charge in [-0.15, -0.1) is 11.8 Å². The molecule has 6 heteroatoms. The molecule has 1 saturated heterocycles. The van der Waals surface area contributed by atoms with E-state index >= 15 is 0 Å². The molecular formula is C22H23N3O2S. The van der Waals surface area contributed by atoms with Crippen LogP contribution in [0.25, 0.3) is 10.9 Å². The van der Waals surface area contributed by atoms with E-state index in [9.17, 15) is 9.59 Å². The third kappa shape index (κ3) is 4.07. The number of nitrogens with one attached hydrogen (secondary N) is 2. The normalized spacial score (nSPS) is 16.4. The van der Waals surface area contributed by atoms with Crippen LogP contribution in [0.4, 0.5) is 0 Å². The number of aromatic nitrogens is 1. The molecule has 0 spiro atoms. The van der Waals surface area contributed by atoms with Crippen LogP contribution >= 0.6 is 11.8 Å². The number of benzene rings is 2. The van der Waals surface area contributed by atoms with Crippen molar-refractivity contribution in [2.24, 2.45) is 0 Å². The fourth-order valence-corrected chi connectivity index (χ4v) is 4.71. The van der Waals surface area contributed by atoms with Crippen molar-refractivity contribution in [2.75, 3.05) is 11.6 Å². The van der Waals surface area contributed by atoms with Crippen LogP contribution in [0.15, 0.2) is 60.8 Å². The van der Waals surface area contributed by atoms with E-state index in [-0.39, 0.29) is 17.9 Å². The number of hydrogen-bond acceptors (Lipinski definition) is 3. The number of hydrogen-bond donors (Lipinski definition) is 2. The lowest BCUT2D eigenvalue weighted by Gasteiger charge is -2.23. The van der Waals surface area contributed by atoms with Crippen LogP contribution in [0.1, 0.15) is 17.5 Å². The Morgan fingerprint density at radius 3 is 2.75 bits per heavy atom. The number of carbonyl (C=O) groups excluding carboxylic acids is 2. The largest absolute Gasteiger partial charge is 0.361 e. The first kappa shape index (κ1) is 18.6. The molecular weight excluding hydrogens is 370 g/mol. The molecule has 4 rings (SSSR count). The van der Waals surface area contributed by atoms with E-state index in [4.69, 9.17) is 0 Å². The summed E-state index contributed by atoms with van der Waals surface area (Å²) in [5.74, 6) is 1.19. The number of aromatic amines is 1. The van der Waals surface area contributed by atoms with Gasteiger partial charge in [0.2, 0.25) is 11.8 Å². The lowest BCUT2D eigenvalue weighted by atomic mass is 10.1. The van der Waals surface area contributed by atoms with Crippen molar-refractivity contribution in [1.82, 2.24) is 15.2 Å². The summed E-state index contributed by atoms with van der Waals surface area (Å²) in [6, 6.07) is 17.5. The summed E-state index contributed by atoms with van der Waals surface area (Å²) >= 11 is 1.63. The summed E-state index contributed by atoms with van der Waals surface area (Å²) in [5.41, 5.74) is 3.28. The van der Waals surface area contributed by atoms with Crippen molar-refractivity contribution in [1.29, 1.82) is 0 Å². The molecule has 2 heterocycles. The van der Waals surface area contributed by atoms with Crippen LogP contribution < -0.4 is 5.32 Å². The molecule has 0 saturated carbocycles. The number of para-hydroxylation sites is 1. The summed E-state index contributed by atoms with van der Waals surface area (Å²) in [6.45, 7) is 0.484. The zero-order chi connectivity index (χ0) is 19.3. The Labute approximate surface area is 168 Å². The molecule has 0 bridgehead atoms. The van der Waals surface area contributed by atoms with Gasteiger partial charge in [0.15, 0.2) is 0 Å². The predicted octanol–water partition coefficient (Wildman–Crippen LogP) is 3.32. The summed E-state index contributed by atoms with van der Waals surface area (Å²) < 4.78 is 0. The molecule has 1 aliphatic rings. The first-order valence-electron chi connectivity index (χ1n) is 9.46. The molecule has 1 fully saturated rings. The average Bonchev–Trinajstić information content (AvgIpc) is 3.38. The molecule has 1 unspecified atom stereocenters. The van der Waals surface area contributed by atoms with Gasteiger partial charge in [0.05, 0.1) is 5.88 Å². The Hall–Kier alpha value is -2.73. The van der Waals surface area contributed by atoms with Gasteiger partial charge in [-0.3, -0.25) is 9.59 Å². The number of rotatable bonds is 6. The second-order valence-corrected chi connectivity index (χ2v) is 7.94. The highest BCUT2D eigenvalue weighted by Gasteiger charge is 2.34. The smallest absolute Gasteiger partial charge is 0.243 e. The van der Waals surface area contributed by atoms with Gasteiger partial charge in [0.25, 0.3) is 0 Å². The monoisotopic (exact) mass is 393 g/mol. The van der Waals surface area contributed by atoms with E-state index in [0.717, 1.165) is 22.0 Å². The number of aryl methyl sites for hydroxylation is 1. The molecule has 144 valence electrons. The highest BCUT2D eigenvalue weighted by Crippen LogP contribution is 2.24. The van der Waals surface area contributed by atoms with Crippen molar-refractivity contribution >= 4 is 34.5 Å². The lowest BCUT2D eigenvalue weighted by Crippen LogP contribution is -2.47. The highest BCUT2D eigenvalue weighted by atomic mass is 32.2. The van der Waals surface area contributed by atoms with Crippen molar-refractivity contribution in [2.45, 2.75) is 25.4 Å². The first-order chi connectivity index (χ1) is 13.7. The number of amides is 2. The van der Waals surface area contributed by atoms with Gasteiger partial charge < -0.3 is 15.2 Å². The van der Waals surface area contributed by atoms with Gasteiger partial charge >= 0.3 is 0 Å². The summed E-state index contributed by atoms with van der Waals surface area (Å²) in [7, 11) is 0. The SMILES string of the molecule is O=C(NCc1ccccc1)C1CSCN1C(=O)CCc1c[nH]c2ccccc12. The molecule has 1 aromatic heterocycles. The van der Waals surface area contributed by atoms with Gasteiger partial charge in [-0.2, -0.15) is 0 Å². The maximum absolute atomic E-state index is 12.8. The second kappa shape index (κ2) is 8.52. The van der Waals surface area contributed by atoms with E-state index in [0.29, 0.717) is 31.0 Å². The van der Waals surface area contributed by atoms with Gasteiger partial charge in [0, 0.05) is 35.8 Å².